The summed E-state index contributed by atoms with van der Waals surface area (Å²) >= 11 is 0. The average Bonchev–Trinajstić information content (AvgIpc) is 3.20. The molecule has 0 unspecified atom stereocenters. The molecule has 1 aliphatic rings. The molecular formula is C19H27N4O5+. The van der Waals surface area contributed by atoms with Crippen molar-refractivity contribution < 1.29 is 28.4 Å². The third kappa shape index (κ3) is 4.36. The third-order valence-corrected chi connectivity index (χ3v) is 4.91. The van der Waals surface area contributed by atoms with Gasteiger partial charge in [-0.25, -0.2) is 0 Å². The molecule has 2 heterocycles. The highest BCUT2D eigenvalue weighted by atomic mass is 16.5. The summed E-state index contributed by atoms with van der Waals surface area (Å²) in [6, 6.07) is 3.52. The molecule has 9 nitrogen and oxygen atoms in total. The van der Waals surface area contributed by atoms with Gasteiger partial charge in [-0.2, -0.15) is 4.98 Å². The number of nitrogens with zero attached hydrogens (tertiary/aromatic N) is 3. The van der Waals surface area contributed by atoms with E-state index in [-0.39, 0.29) is 5.91 Å². The summed E-state index contributed by atoms with van der Waals surface area (Å²) in [4.78, 5) is 20.1. The van der Waals surface area contributed by atoms with Crippen LogP contribution in [0.2, 0.25) is 0 Å². The van der Waals surface area contributed by atoms with Gasteiger partial charge in [-0.05, 0) is 12.1 Å². The fourth-order valence-corrected chi connectivity index (χ4v) is 3.19. The van der Waals surface area contributed by atoms with Crippen molar-refractivity contribution in [2.24, 2.45) is 0 Å². The average molecular weight is 391 g/mol. The van der Waals surface area contributed by atoms with Gasteiger partial charge in [0, 0.05) is 18.4 Å². The van der Waals surface area contributed by atoms with Gasteiger partial charge in [0.05, 0.1) is 54.6 Å². The lowest BCUT2D eigenvalue weighted by Crippen LogP contribution is -3.12. The van der Waals surface area contributed by atoms with E-state index >= 15 is 0 Å². The normalized spacial score (nSPS) is 14.8. The Morgan fingerprint density at radius 3 is 2.36 bits per heavy atom. The first-order valence-corrected chi connectivity index (χ1v) is 9.27. The van der Waals surface area contributed by atoms with Crippen molar-refractivity contribution in [1.29, 1.82) is 0 Å². The minimum Gasteiger partial charge on any atom is -0.493 e. The van der Waals surface area contributed by atoms with E-state index in [4.69, 9.17) is 18.7 Å². The summed E-state index contributed by atoms with van der Waals surface area (Å²) in [6.07, 6.45) is 0.769. The molecule has 0 saturated carbocycles. The van der Waals surface area contributed by atoms with E-state index in [0.717, 1.165) is 26.2 Å². The number of ether oxygens (including phenoxy) is 3. The van der Waals surface area contributed by atoms with Gasteiger partial charge in [0.25, 0.3) is 0 Å². The lowest BCUT2D eigenvalue weighted by molar-refractivity contribution is -0.883. The number of rotatable bonds is 7. The Hall–Kier alpha value is -2.81. The van der Waals surface area contributed by atoms with Crippen molar-refractivity contribution in [3.63, 3.8) is 0 Å². The highest BCUT2D eigenvalue weighted by Gasteiger charge is 2.22. The number of nitrogens with one attached hydrogen (secondary N) is 1. The standard InChI is InChI=1S/C19H26N4O5/c1-22-7-9-23(10-8-22)17(24)6-5-16-20-19(21-28-16)13-11-14(25-2)18(27-4)15(12-13)26-3/h11-12H,5-10H2,1-4H3/p+1. The minimum absolute atomic E-state index is 0.125. The number of aryl methyl sites for hydroxylation is 1. The summed E-state index contributed by atoms with van der Waals surface area (Å²) in [5.41, 5.74) is 0.679. The van der Waals surface area contributed by atoms with Gasteiger partial charge in [-0.1, -0.05) is 5.16 Å². The number of likely N-dealkylation sites (N-methyl/N-ethyl adjacent to an activating group) is 1. The van der Waals surface area contributed by atoms with Gasteiger partial charge in [-0.3, -0.25) is 4.79 Å². The van der Waals surface area contributed by atoms with E-state index in [1.54, 1.807) is 33.5 Å². The smallest absolute Gasteiger partial charge is 0.227 e. The van der Waals surface area contributed by atoms with Gasteiger partial charge >= 0.3 is 0 Å². The number of benzene rings is 1. The first kappa shape index (κ1) is 19.9. The fourth-order valence-electron chi connectivity index (χ4n) is 3.19. The number of aromatic nitrogens is 2. The molecule has 28 heavy (non-hydrogen) atoms. The number of hydrogen-bond acceptors (Lipinski definition) is 7. The van der Waals surface area contributed by atoms with Crippen LogP contribution in [0, 0.1) is 0 Å². The van der Waals surface area contributed by atoms with Gasteiger partial charge in [0.15, 0.2) is 11.5 Å². The van der Waals surface area contributed by atoms with Gasteiger partial charge in [0.1, 0.15) is 0 Å². The van der Waals surface area contributed by atoms with Crippen molar-refractivity contribution in [3.05, 3.63) is 18.0 Å². The molecule has 0 spiro atoms. The second-order valence-corrected chi connectivity index (χ2v) is 6.76. The summed E-state index contributed by atoms with van der Waals surface area (Å²) in [7, 11) is 6.79. The monoisotopic (exact) mass is 391 g/mol. The summed E-state index contributed by atoms with van der Waals surface area (Å²) in [5.74, 6) is 2.48. The number of quaternary nitrogens is 1. The van der Waals surface area contributed by atoms with Gasteiger partial charge in [-0.15, -0.1) is 0 Å². The lowest BCUT2D eigenvalue weighted by atomic mass is 10.1. The van der Waals surface area contributed by atoms with Crippen LogP contribution < -0.4 is 19.1 Å². The van der Waals surface area contributed by atoms with Crippen molar-refractivity contribution in [3.8, 4) is 28.6 Å². The topological polar surface area (TPSA) is 91.4 Å². The van der Waals surface area contributed by atoms with Gasteiger partial charge < -0.3 is 28.5 Å². The molecule has 1 aromatic heterocycles. The quantitative estimate of drug-likeness (QED) is 0.713. The molecule has 1 fully saturated rings. The van der Waals surface area contributed by atoms with Crippen LogP contribution >= 0.6 is 0 Å². The summed E-state index contributed by atoms with van der Waals surface area (Å²) in [5, 5.41) is 4.03. The van der Waals surface area contributed by atoms with E-state index in [1.165, 1.54) is 4.90 Å². The molecule has 0 bridgehead atoms. The van der Waals surface area contributed by atoms with Crippen LogP contribution in [0.15, 0.2) is 16.7 Å². The highest BCUT2D eigenvalue weighted by Crippen LogP contribution is 2.40. The Kier molecular flexibility index (Phi) is 6.35. The van der Waals surface area contributed by atoms with E-state index in [9.17, 15) is 4.79 Å². The maximum atomic E-state index is 12.4. The Bertz CT molecular complexity index is 789. The van der Waals surface area contributed by atoms with Gasteiger partial charge in [0.2, 0.25) is 23.4 Å². The number of piperazine rings is 1. The predicted octanol–water partition coefficient (Wildman–Crippen LogP) is 0.0519. The van der Waals surface area contributed by atoms with Crippen molar-refractivity contribution >= 4 is 5.91 Å². The SMILES string of the molecule is COc1cc(-c2noc(CCC(=O)N3CC[NH+](C)CC3)n2)cc(OC)c1OC. The molecule has 3 rings (SSSR count). The number of carbonyl (C=O) groups is 1. The lowest BCUT2D eigenvalue weighted by Gasteiger charge is -2.30. The van der Waals surface area contributed by atoms with Crippen LogP contribution in [0.1, 0.15) is 12.3 Å². The predicted molar refractivity (Wildman–Crippen MR) is 101 cm³/mol. The first-order valence-electron chi connectivity index (χ1n) is 9.27. The van der Waals surface area contributed by atoms with Crippen molar-refractivity contribution in [2.45, 2.75) is 12.8 Å². The first-order chi connectivity index (χ1) is 13.5. The molecule has 9 heteroatoms. The van der Waals surface area contributed by atoms with E-state index in [0.29, 0.717) is 47.4 Å². The number of methoxy groups -OCH3 is 3. The van der Waals surface area contributed by atoms with E-state index in [1.807, 2.05) is 4.90 Å². The largest absolute Gasteiger partial charge is 0.493 e. The van der Waals surface area contributed by atoms with E-state index < -0.39 is 0 Å². The maximum Gasteiger partial charge on any atom is 0.227 e. The van der Waals surface area contributed by atoms with Crippen LogP contribution in [0.3, 0.4) is 0 Å². The molecule has 1 amide bonds. The van der Waals surface area contributed by atoms with Crippen LogP contribution in [0.25, 0.3) is 11.4 Å². The number of carbonyl (C=O) groups excluding carboxylic acids is 1. The van der Waals surface area contributed by atoms with E-state index in [2.05, 4.69) is 17.2 Å². The molecule has 0 aliphatic carbocycles. The molecule has 1 N–H and O–H groups in total. The Balaban J connectivity index is 1.68. The zero-order valence-electron chi connectivity index (χ0n) is 16.8. The Morgan fingerprint density at radius 1 is 1.14 bits per heavy atom. The fraction of sp³-hybridized carbons (Fsp3) is 0.526. The Labute approximate surface area is 164 Å². The van der Waals surface area contributed by atoms with Crippen LogP contribution in [0.4, 0.5) is 0 Å². The number of amides is 1. The summed E-state index contributed by atoms with van der Waals surface area (Å²) < 4.78 is 21.4. The third-order valence-electron chi connectivity index (χ3n) is 4.91. The Morgan fingerprint density at radius 2 is 1.79 bits per heavy atom. The van der Waals surface area contributed by atoms with Crippen LogP contribution in [-0.2, 0) is 11.2 Å². The van der Waals surface area contributed by atoms with Crippen LogP contribution in [-0.4, -0.2) is 75.5 Å². The molecular weight excluding hydrogens is 364 g/mol. The molecule has 1 aliphatic heterocycles. The molecule has 1 aromatic carbocycles. The van der Waals surface area contributed by atoms with Crippen LogP contribution in [0.5, 0.6) is 17.2 Å². The zero-order chi connectivity index (χ0) is 20.1. The highest BCUT2D eigenvalue weighted by molar-refractivity contribution is 5.76. The molecule has 2 aromatic rings. The zero-order valence-corrected chi connectivity index (χ0v) is 16.8. The van der Waals surface area contributed by atoms with Crippen molar-refractivity contribution in [2.75, 3.05) is 54.6 Å². The summed E-state index contributed by atoms with van der Waals surface area (Å²) in [6.45, 7) is 3.56. The molecule has 152 valence electrons. The molecule has 0 atom stereocenters. The molecule has 0 radical (unpaired) electrons. The minimum atomic E-state index is 0.125. The second kappa shape index (κ2) is 8.92. The number of hydrogen-bond donors (Lipinski definition) is 1. The second-order valence-electron chi connectivity index (χ2n) is 6.76. The van der Waals surface area contributed by atoms with Crippen molar-refractivity contribution in [1.82, 2.24) is 15.0 Å². The molecule has 1 saturated heterocycles. The maximum absolute atomic E-state index is 12.4.